The number of allylic oxidation sites excluding steroid dienone is 2. The van der Waals surface area contributed by atoms with E-state index in [2.05, 4.69) is 22.7 Å². The average molecular weight is 358 g/mol. The van der Waals surface area contributed by atoms with Crippen LogP contribution in [-0.2, 0) is 4.79 Å². The number of hydrogen-bond acceptors (Lipinski definition) is 5. The second kappa shape index (κ2) is 7.23. The van der Waals surface area contributed by atoms with E-state index in [0.29, 0.717) is 36.9 Å². The van der Waals surface area contributed by atoms with Gasteiger partial charge in [-0.2, -0.15) is 0 Å². The first-order valence-corrected chi connectivity index (χ1v) is 9.55. The summed E-state index contributed by atoms with van der Waals surface area (Å²) in [6, 6.07) is 1.65. The third kappa shape index (κ3) is 3.82. The van der Waals surface area contributed by atoms with Gasteiger partial charge in [-0.05, 0) is 49.8 Å². The van der Waals surface area contributed by atoms with Crippen molar-refractivity contribution in [1.82, 2.24) is 20.7 Å². The van der Waals surface area contributed by atoms with Gasteiger partial charge in [0.25, 0.3) is 5.91 Å². The zero-order valence-corrected chi connectivity index (χ0v) is 15.2. The van der Waals surface area contributed by atoms with Gasteiger partial charge in [-0.15, -0.1) is 0 Å². The second-order valence-corrected chi connectivity index (χ2v) is 7.76. The zero-order valence-electron chi connectivity index (χ0n) is 15.2. The normalized spacial score (nSPS) is 25.9. The van der Waals surface area contributed by atoms with Gasteiger partial charge in [0.2, 0.25) is 5.91 Å². The van der Waals surface area contributed by atoms with Crippen LogP contribution in [0.2, 0.25) is 0 Å². The van der Waals surface area contributed by atoms with Crippen molar-refractivity contribution < 1.29 is 14.1 Å². The minimum absolute atomic E-state index is 0.0419. The van der Waals surface area contributed by atoms with Crippen molar-refractivity contribution in [3.63, 3.8) is 0 Å². The van der Waals surface area contributed by atoms with Crippen LogP contribution in [0, 0.1) is 11.8 Å². The van der Waals surface area contributed by atoms with Crippen molar-refractivity contribution in [3.8, 4) is 0 Å². The first-order valence-electron chi connectivity index (χ1n) is 9.55. The maximum atomic E-state index is 12.6. The Bertz CT molecular complexity index is 720. The lowest BCUT2D eigenvalue weighted by Crippen LogP contribution is -2.41. The lowest BCUT2D eigenvalue weighted by Gasteiger charge is -2.24. The summed E-state index contributed by atoms with van der Waals surface area (Å²) < 4.78 is 5.20. The van der Waals surface area contributed by atoms with E-state index in [1.54, 1.807) is 6.07 Å². The molecule has 2 N–H and O–H groups in total. The fraction of sp³-hybridized carbons (Fsp3) is 0.632. The largest absolute Gasteiger partial charge is 0.356 e. The van der Waals surface area contributed by atoms with E-state index in [9.17, 15) is 9.59 Å². The van der Waals surface area contributed by atoms with Gasteiger partial charge in [0.05, 0.1) is 6.04 Å². The van der Waals surface area contributed by atoms with Gasteiger partial charge < -0.3 is 20.1 Å². The fourth-order valence-electron chi connectivity index (χ4n) is 3.85. The van der Waals surface area contributed by atoms with Crippen molar-refractivity contribution in [2.24, 2.45) is 11.8 Å². The van der Waals surface area contributed by atoms with E-state index in [0.717, 1.165) is 37.9 Å². The smallest absolute Gasteiger partial charge is 0.273 e. The van der Waals surface area contributed by atoms with E-state index in [4.69, 9.17) is 4.52 Å². The average Bonchev–Trinajstić information content (AvgIpc) is 3.25. The van der Waals surface area contributed by atoms with Crippen molar-refractivity contribution in [3.05, 3.63) is 23.6 Å². The van der Waals surface area contributed by atoms with E-state index in [-0.39, 0.29) is 23.8 Å². The topological polar surface area (TPSA) is 87.5 Å². The second-order valence-electron chi connectivity index (χ2n) is 7.76. The molecule has 26 heavy (non-hydrogen) atoms. The number of amides is 2. The van der Waals surface area contributed by atoms with Crippen LogP contribution in [0.3, 0.4) is 0 Å². The predicted octanol–water partition coefficient (Wildman–Crippen LogP) is 1.43. The van der Waals surface area contributed by atoms with Gasteiger partial charge >= 0.3 is 0 Å². The summed E-state index contributed by atoms with van der Waals surface area (Å²) in [5.41, 5.74) is 1.40. The molecule has 0 bridgehead atoms. The quantitative estimate of drug-likeness (QED) is 0.831. The zero-order chi connectivity index (χ0) is 18.1. The number of nitrogens with one attached hydrogen (secondary N) is 2. The SMILES string of the molecule is C[C@H]1CN(C(=O)CC2CCNCC2)C[C@@H]1NC(=O)c1cc(C2=CC2)on1. The van der Waals surface area contributed by atoms with Crippen LogP contribution in [-0.4, -0.2) is 54.1 Å². The number of aromatic nitrogens is 1. The van der Waals surface area contributed by atoms with Crippen molar-refractivity contribution in [2.75, 3.05) is 26.2 Å². The Kier molecular flexibility index (Phi) is 4.80. The van der Waals surface area contributed by atoms with E-state index >= 15 is 0 Å². The van der Waals surface area contributed by atoms with Crippen molar-refractivity contribution >= 4 is 17.4 Å². The van der Waals surface area contributed by atoms with Gasteiger partial charge in [0, 0.05) is 25.6 Å². The molecule has 1 aromatic heterocycles. The summed E-state index contributed by atoms with van der Waals surface area (Å²) in [4.78, 5) is 26.9. The molecule has 0 aromatic carbocycles. The molecule has 2 aliphatic heterocycles. The minimum atomic E-state index is -0.231. The Balaban J connectivity index is 1.30. The van der Waals surface area contributed by atoms with Crippen LogP contribution in [0.4, 0.5) is 0 Å². The first kappa shape index (κ1) is 17.3. The Morgan fingerprint density at radius 2 is 2.12 bits per heavy atom. The molecule has 1 aliphatic carbocycles. The van der Waals surface area contributed by atoms with Crippen LogP contribution in [0.1, 0.15) is 48.9 Å². The molecule has 4 rings (SSSR count). The van der Waals surface area contributed by atoms with Gasteiger partial charge in [-0.25, -0.2) is 0 Å². The van der Waals surface area contributed by atoms with Gasteiger partial charge in [0.1, 0.15) is 0 Å². The molecule has 140 valence electrons. The lowest BCUT2D eigenvalue weighted by atomic mass is 9.94. The number of nitrogens with zero attached hydrogens (tertiary/aromatic N) is 2. The highest BCUT2D eigenvalue weighted by Crippen LogP contribution is 2.31. The molecular formula is C19H26N4O3. The number of likely N-dealkylation sites (tertiary alicyclic amines) is 1. The highest BCUT2D eigenvalue weighted by molar-refractivity contribution is 5.93. The Morgan fingerprint density at radius 3 is 2.85 bits per heavy atom. The molecule has 2 fully saturated rings. The molecule has 0 unspecified atom stereocenters. The Hall–Kier alpha value is -2.15. The molecule has 2 amide bonds. The maximum Gasteiger partial charge on any atom is 0.273 e. The Morgan fingerprint density at radius 1 is 1.35 bits per heavy atom. The van der Waals surface area contributed by atoms with E-state index in [1.807, 2.05) is 11.0 Å². The molecule has 0 spiro atoms. The Labute approximate surface area is 153 Å². The number of rotatable bonds is 5. The highest BCUT2D eigenvalue weighted by Gasteiger charge is 2.34. The molecule has 3 aliphatic rings. The molecule has 1 aromatic rings. The monoisotopic (exact) mass is 358 g/mol. The molecule has 3 heterocycles. The fourth-order valence-corrected chi connectivity index (χ4v) is 3.85. The van der Waals surface area contributed by atoms with Crippen molar-refractivity contribution in [2.45, 2.75) is 38.6 Å². The summed E-state index contributed by atoms with van der Waals surface area (Å²) in [6.07, 6.45) is 5.70. The van der Waals surface area contributed by atoms with Crippen LogP contribution in [0.25, 0.3) is 5.57 Å². The number of carbonyl (C=O) groups is 2. The molecule has 0 saturated carbocycles. The summed E-state index contributed by atoms with van der Waals surface area (Å²) >= 11 is 0. The predicted molar refractivity (Wildman–Crippen MR) is 96.3 cm³/mol. The standard InChI is InChI=1S/C19H26N4O3/c1-12-10-23(18(24)8-13-4-6-20-7-5-13)11-16(12)21-19(25)15-9-17(26-22-15)14-2-3-14/h2,9,12-13,16,20H,3-8,10-11H2,1H3,(H,21,25)/t12-,16-/m0/s1. The summed E-state index contributed by atoms with van der Waals surface area (Å²) in [5, 5.41) is 10.2. The summed E-state index contributed by atoms with van der Waals surface area (Å²) in [7, 11) is 0. The van der Waals surface area contributed by atoms with Crippen LogP contribution in [0.5, 0.6) is 0 Å². The van der Waals surface area contributed by atoms with Gasteiger partial charge in [0.15, 0.2) is 11.5 Å². The molecule has 0 radical (unpaired) electrons. The lowest BCUT2D eigenvalue weighted by molar-refractivity contribution is -0.131. The number of hydrogen-bond donors (Lipinski definition) is 2. The van der Waals surface area contributed by atoms with E-state index in [1.165, 1.54) is 0 Å². The summed E-state index contributed by atoms with van der Waals surface area (Å²) in [5.74, 6) is 1.37. The molecule has 2 atom stereocenters. The number of piperidine rings is 1. The maximum absolute atomic E-state index is 12.6. The minimum Gasteiger partial charge on any atom is -0.356 e. The third-order valence-corrected chi connectivity index (χ3v) is 5.67. The van der Waals surface area contributed by atoms with Crippen molar-refractivity contribution in [1.29, 1.82) is 0 Å². The molecule has 7 heteroatoms. The first-order chi connectivity index (χ1) is 12.6. The third-order valence-electron chi connectivity index (χ3n) is 5.67. The van der Waals surface area contributed by atoms with Gasteiger partial charge in [-0.1, -0.05) is 18.2 Å². The van der Waals surface area contributed by atoms with Crippen LogP contribution in [0.15, 0.2) is 16.7 Å². The van der Waals surface area contributed by atoms with E-state index < -0.39 is 0 Å². The summed E-state index contributed by atoms with van der Waals surface area (Å²) in [6.45, 7) is 5.36. The highest BCUT2D eigenvalue weighted by atomic mass is 16.5. The van der Waals surface area contributed by atoms with Crippen LogP contribution < -0.4 is 10.6 Å². The molecular weight excluding hydrogens is 332 g/mol. The van der Waals surface area contributed by atoms with Gasteiger partial charge in [-0.3, -0.25) is 9.59 Å². The van der Waals surface area contributed by atoms with Crippen LogP contribution >= 0.6 is 0 Å². The molecule has 2 saturated heterocycles. The molecule has 7 nitrogen and oxygen atoms in total. The number of carbonyl (C=O) groups excluding carboxylic acids is 2.